The summed E-state index contributed by atoms with van der Waals surface area (Å²) < 4.78 is 2.55. The molecule has 5 aromatic rings. The first-order valence-electron chi connectivity index (χ1n) is 12.1. The van der Waals surface area contributed by atoms with E-state index >= 15 is 0 Å². The molecule has 3 nitrogen and oxygen atoms in total. The SMILES string of the molecule is CC(C)(C)C(=O)/C=C(\O)C(C)(C)C.[Ir].[c-]1ccccc1-c1nc2ccccc2c2c1sc1ccccc12. The number of ketones is 1. The minimum Gasteiger partial charge on any atom is -0.512 e. The summed E-state index contributed by atoms with van der Waals surface area (Å²) in [4.78, 5) is 16.4. The molecule has 1 radical (unpaired) electrons. The maximum Gasteiger partial charge on any atom is 0.164 e. The molecule has 0 spiro atoms. The van der Waals surface area contributed by atoms with Crippen LogP contribution in [0.2, 0.25) is 0 Å². The predicted octanol–water partition coefficient (Wildman–Crippen LogP) is 9.16. The zero-order valence-corrected chi connectivity index (χ0v) is 25.3. The zero-order chi connectivity index (χ0) is 26.1. The van der Waals surface area contributed by atoms with Crippen LogP contribution in [0.4, 0.5) is 0 Å². The van der Waals surface area contributed by atoms with E-state index in [2.05, 4.69) is 54.6 Å². The molecule has 0 amide bonds. The fraction of sp³-hybridized carbons (Fsp3) is 0.250. The van der Waals surface area contributed by atoms with Crippen LogP contribution in [-0.4, -0.2) is 15.9 Å². The van der Waals surface area contributed by atoms with E-state index in [1.165, 1.54) is 31.6 Å². The third-order valence-corrected chi connectivity index (χ3v) is 7.13. The number of nitrogens with zero attached hydrogens (tertiary/aromatic N) is 1. The Morgan fingerprint density at radius 2 is 1.49 bits per heavy atom. The number of para-hydroxylation sites is 1. The van der Waals surface area contributed by atoms with Crippen molar-refractivity contribution in [3.63, 3.8) is 0 Å². The number of hydrogen-bond acceptors (Lipinski definition) is 4. The number of allylic oxidation sites excluding steroid dienone is 2. The Morgan fingerprint density at radius 3 is 2.11 bits per heavy atom. The van der Waals surface area contributed by atoms with Crippen LogP contribution in [0.5, 0.6) is 0 Å². The standard InChI is InChI=1S/C21H12NS.C11H20O2.Ir/c1-2-8-14(9-3-1)20-21-19(15-10-4-6-12-17(15)22-20)16-11-5-7-13-18(16)23-21;1-10(2,3)8(12)7-9(13)11(4,5)6;/h1-8,10-13H;7,12H,1-6H3;/q-1;;/b;8-7-;. The second-order valence-corrected chi connectivity index (χ2v) is 12.0. The number of aromatic nitrogens is 1. The quantitative estimate of drug-likeness (QED) is 0.115. The molecule has 0 aliphatic carbocycles. The van der Waals surface area contributed by atoms with Crippen LogP contribution in [0.25, 0.3) is 42.3 Å². The summed E-state index contributed by atoms with van der Waals surface area (Å²) in [6.45, 7) is 11.1. The molecular weight excluding hydrogens is 655 g/mol. The third kappa shape index (κ3) is 6.35. The fourth-order valence-corrected chi connectivity index (χ4v) is 4.93. The summed E-state index contributed by atoms with van der Waals surface area (Å²) in [6.07, 6.45) is 1.33. The van der Waals surface area contributed by atoms with E-state index < -0.39 is 5.41 Å². The molecule has 0 aliphatic heterocycles. The van der Waals surface area contributed by atoms with E-state index in [0.29, 0.717) is 0 Å². The van der Waals surface area contributed by atoms with Gasteiger partial charge in [-0.25, -0.2) is 0 Å². The van der Waals surface area contributed by atoms with Gasteiger partial charge in [-0.05, 0) is 12.1 Å². The number of aliphatic hydroxyl groups is 1. The number of aliphatic hydroxyl groups excluding tert-OH is 1. The molecule has 5 heteroatoms. The maximum absolute atomic E-state index is 11.5. The topological polar surface area (TPSA) is 50.2 Å². The van der Waals surface area contributed by atoms with Gasteiger partial charge in [0.25, 0.3) is 0 Å². The molecular formula is C32H32IrNO2S-. The van der Waals surface area contributed by atoms with Crippen molar-refractivity contribution in [2.45, 2.75) is 41.5 Å². The van der Waals surface area contributed by atoms with Crippen molar-refractivity contribution in [3.8, 4) is 11.3 Å². The number of rotatable bonds is 2. The van der Waals surface area contributed by atoms with Crippen molar-refractivity contribution in [1.82, 2.24) is 4.98 Å². The van der Waals surface area contributed by atoms with Gasteiger partial charge in [-0.15, -0.1) is 47.2 Å². The Kier molecular flexibility index (Phi) is 8.74. The molecule has 3 aromatic carbocycles. The predicted molar refractivity (Wildman–Crippen MR) is 154 cm³/mol. The Hall–Kier alpha value is -2.85. The second kappa shape index (κ2) is 11.3. The molecule has 2 heterocycles. The number of fused-ring (bicyclic) bond motifs is 5. The van der Waals surface area contributed by atoms with E-state index in [1.807, 2.05) is 77.1 Å². The van der Waals surface area contributed by atoms with E-state index in [4.69, 9.17) is 4.98 Å². The number of thiophene rings is 1. The number of hydrogen-bond donors (Lipinski definition) is 1. The Morgan fingerprint density at radius 1 is 0.865 bits per heavy atom. The Bertz CT molecular complexity index is 1570. The van der Waals surface area contributed by atoms with Crippen molar-refractivity contribution in [2.75, 3.05) is 0 Å². The average molecular weight is 687 g/mol. The summed E-state index contributed by atoms with van der Waals surface area (Å²) in [5.41, 5.74) is 2.35. The fourth-order valence-electron chi connectivity index (χ4n) is 3.71. The van der Waals surface area contributed by atoms with Crippen molar-refractivity contribution < 1.29 is 30.0 Å². The molecule has 0 fully saturated rings. The van der Waals surface area contributed by atoms with Crippen LogP contribution in [0.3, 0.4) is 0 Å². The Labute approximate surface area is 236 Å². The van der Waals surface area contributed by atoms with Crippen molar-refractivity contribution >= 4 is 48.2 Å². The summed E-state index contributed by atoms with van der Waals surface area (Å²) in [5.74, 6) is 0.104. The minimum atomic E-state index is -0.417. The third-order valence-electron chi connectivity index (χ3n) is 5.96. The number of carbonyl (C=O) groups excluding carboxylic acids is 1. The number of benzene rings is 3. The molecule has 1 N–H and O–H groups in total. The van der Waals surface area contributed by atoms with Gasteiger partial charge < -0.3 is 5.11 Å². The van der Waals surface area contributed by atoms with E-state index in [9.17, 15) is 9.90 Å². The summed E-state index contributed by atoms with van der Waals surface area (Å²) >= 11 is 1.82. The van der Waals surface area contributed by atoms with Crippen molar-refractivity contribution in [1.29, 1.82) is 0 Å². The van der Waals surface area contributed by atoms with Crippen LogP contribution in [0.1, 0.15) is 41.5 Å². The van der Waals surface area contributed by atoms with Crippen molar-refractivity contribution in [2.24, 2.45) is 10.8 Å². The summed E-state index contributed by atoms with van der Waals surface area (Å²) in [7, 11) is 0. The van der Waals surface area contributed by atoms with Crippen LogP contribution in [-0.2, 0) is 24.9 Å². The normalized spacial score (nSPS) is 12.2. The minimum absolute atomic E-state index is 0. The van der Waals surface area contributed by atoms with Crippen LogP contribution < -0.4 is 0 Å². The smallest absolute Gasteiger partial charge is 0.164 e. The van der Waals surface area contributed by atoms with E-state index in [1.54, 1.807) is 0 Å². The largest absolute Gasteiger partial charge is 0.512 e. The molecule has 0 aliphatic rings. The van der Waals surface area contributed by atoms with E-state index in [-0.39, 0.29) is 37.1 Å². The van der Waals surface area contributed by atoms with Crippen molar-refractivity contribution in [3.05, 3.63) is 90.7 Å². The monoisotopic (exact) mass is 687 g/mol. The van der Waals surface area contributed by atoms with Gasteiger partial charge in [-0.3, -0.25) is 9.78 Å². The average Bonchev–Trinajstić information content (AvgIpc) is 3.23. The molecule has 2 aromatic heterocycles. The molecule has 37 heavy (non-hydrogen) atoms. The molecule has 0 saturated carbocycles. The van der Waals surface area contributed by atoms with Gasteiger partial charge in [0.2, 0.25) is 0 Å². The number of pyridine rings is 1. The zero-order valence-electron chi connectivity index (χ0n) is 22.0. The molecule has 193 valence electrons. The second-order valence-electron chi connectivity index (χ2n) is 10.9. The van der Waals surface area contributed by atoms with Gasteiger partial charge in [0.1, 0.15) is 5.76 Å². The molecule has 0 atom stereocenters. The van der Waals surface area contributed by atoms with Gasteiger partial charge in [0, 0.05) is 68.3 Å². The maximum atomic E-state index is 11.5. The summed E-state index contributed by atoms with van der Waals surface area (Å²) in [5, 5.41) is 13.4. The van der Waals surface area contributed by atoms with Gasteiger partial charge >= 0.3 is 0 Å². The first-order chi connectivity index (χ1) is 17.0. The van der Waals surface area contributed by atoms with Gasteiger partial charge in [0.15, 0.2) is 5.78 Å². The molecule has 0 saturated heterocycles. The van der Waals surface area contributed by atoms with Crippen LogP contribution in [0, 0.1) is 16.9 Å². The molecule has 0 bridgehead atoms. The molecule has 5 rings (SSSR count). The number of carbonyl (C=O) groups is 1. The van der Waals surface area contributed by atoms with Gasteiger partial charge in [-0.1, -0.05) is 77.9 Å². The first kappa shape index (κ1) is 28.7. The van der Waals surface area contributed by atoms with Gasteiger partial charge in [-0.2, -0.15) is 0 Å². The Balaban J connectivity index is 0.000000237. The van der Waals surface area contributed by atoms with Crippen LogP contribution in [0.15, 0.2) is 84.6 Å². The van der Waals surface area contributed by atoms with Gasteiger partial charge in [0.05, 0.1) is 5.52 Å². The first-order valence-corrected chi connectivity index (χ1v) is 12.9. The van der Waals surface area contributed by atoms with Crippen LogP contribution >= 0.6 is 11.3 Å². The molecule has 0 unspecified atom stereocenters. The summed E-state index contributed by atoms with van der Waals surface area (Å²) in [6, 6.07) is 28.4. The van der Waals surface area contributed by atoms with E-state index in [0.717, 1.165) is 16.8 Å².